The van der Waals surface area contributed by atoms with Gasteiger partial charge in [-0.25, -0.2) is 0 Å². The molecule has 0 radical (unpaired) electrons. The van der Waals surface area contributed by atoms with Crippen molar-refractivity contribution in [2.75, 3.05) is 0 Å². The number of carbonyl (C=O) groups excluding carboxylic acids is 1. The SMILES string of the molecule is N#C/C(=C/c1cc(Cl)cc(Cl)c1O)C(N)=O. The number of hydrogen-bond donors (Lipinski definition) is 2. The summed E-state index contributed by atoms with van der Waals surface area (Å²) < 4.78 is 0. The molecule has 0 bridgehead atoms. The molecule has 0 saturated carbocycles. The number of halogens is 2. The largest absolute Gasteiger partial charge is 0.506 e. The van der Waals surface area contributed by atoms with E-state index in [0.717, 1.165) is 6.08 Å². The maximum Gasteiger partial charge on any atom is 0.259 e. The normalized spacial score (nSPS) is 10.9. The minimum absolute atomic E-state index is 0.0283. The van der Waals surface area contributed by atoms with Crippen molar-refractivity contribution < 1.29 is 9.90 Å². The third kappa shape index (κ3) is 2.66. The molecule has 3 N–H and O–H groups in total. The van der Waals surface area contributed by atoms with Gasteiger partial charge < -0.3 is 10.8 Å². The summed E-state index contributed by atoms with van der Waals surface area (Å²) >= 11 is 11.4. The molecule has 0 fully saturated rings. The van der Waals surface area contributed by atoms with Gasteiger partial charge >= 0.3 is 0 Å². The highest BCUT2D eigenvalue weighted by molar-refractivity contribution is 6.35. The molecule has 6 heteroatoms. The Morgan fingerprint density at radius 2 is 2.12 bits per heavy atom. The highest BCUT2D eigenvalue weighted by atomic mass is 35.5. The third-order valence-electron chi connectivity index (χ3n) is 1.74. The minimum atomic E-state index is -0.891. The number of benzene rings is 1. The summed E-state index contributed by atoms with van der Waals surface area (Å²) in [7, 11) is 0. The van der Waals surface area contributed by atoms with E-state index in [0.29, 0.717) is 0 Å². The zero-order valence-electron chi connectivity index (χ0n) is 7.87. The van der Waals surface area contributed by atoms with Gasteiger partial charge in [0, 0.05) is 10.6 Å². The molecular weight excluding hydrogens is 251 g/mol. The Morgan fingerprint density at radius 1 is 1.50 bits per heavy atom. The molecular formula is C10H6Cl2N2O2. The fourth-order valence-corrected chi connectivity index (χ4v) is 1.52. The summed E-state index contributed by atoms with van der Waals surface area (Å²) in [5.74, 6) is -1.15. The Bertz CT molecular complexity index is 518. The summed E-state index contributed by atoms with van der Waals surface area (Å²) in [6.07, 6.45) is 1.12. The van der Waals surface area contributed by atoms with Crippen LogP contribution in [0.1, 0.15) is 5.56 Å². The fourth-order valence-electron chi connectivity index (χ4n) is 1.01. The van der Waals surface area contributed by atoms with E-state index >= 15 is 0 Å². The van der Waals surface area contributed by atoms with E-state index in [1.54, 1.807) is 6.07 Å². The highest BCUT2D eigenvalue weighted by Crippen LogP contribution is 2.32. The second-order valence-electron chi connectivity index (χ2n) is 2.86. The number of phenolic OH excluding ortho intramolecular Hbond substituents is 1. The smallest absolute Gasteiger partial charge is 0.259 e. The molecule has 0 heterocycles. The number of carbonyl (C=O) groups is 1. The molecule has 0 unspecified atom stereocenters. The van der Waals surface area contributed by atoms with Gasteiger partial charge in [-0.3, -0.25) is 4.79 Å². The van der Waals surface area contributed by atoms with Crippen LogP contribution in [0.3, 0.4) is 0 Å². The molecule has 0 spiro atoms. The van der Waals surface area contributed by atoms with Gasteiger partial charge in [-0.2, -0.15) is 5.26 Å². The van der Waals surface area contributed by atoms with Gasteiger partial charge in [0.15, 0.2) is 0 Å². The molecule has 1 amide bonds. The van der Waals surface area contributed by atoms with Crippen molar-refractivity contribution in [2.24, 2.45) is 5.73 Å². The Morgan fingerprint density at radius 3 is 2.62 bits per heavy atom. The zero-order valence-corrected chi connectivity index (χ0v) is 9.38. The molecule has 0 aromatic heterocycles. The van der Waals surface area contributed by atoms with Gasteiger partial charge in [-0.15, -0.1) is 0 Å². The molecule has 0 aliphatic carbocycles. The third-order valence-corrected chi connectivity index (χ3v) is 2.25. The van der Waals surface area contributed by atoms with Crippen LogP contribution in [0, 0.1) is 11.3 Å². The number of nitrogens with two attached hydrogens (primary N) is 1. The van der Waals surface area contributed by atoms with Crippen LogP contribution in [0.2, 0.25) is 10.0 Å². The Kier molecular flexibility index (Phi) is 3.78. The van der Waals surface area contributed by atoms with Gasteiger partial charge in [-0.1, -0.05) is 23.2 Å². The predicted molar refractivity (Wildman–Crippen MR) is 60.9 cm³/mol. The molecule has 1 aromatic carbocycles. The lowest BCUT2D eigenvalue weighted by atomic mass is 10.1. The maximum absolute atomic E-state index is 10.8. The quantitative estimate of drug-likeness (QED) is 0.628. The zero-order chi connectivity index (χ0) is 12.3. The topological polar surface area (TPSA) is 87.1 Å². The van der Waals surface area contributed by atoms with Gasteiger partial charge in [-0.05, 0) is 18.2 Å². The van der Waals surface area contributed by atoms with Gasteiger partial charge in [0.05, 0.1) is 5.02 Å². The number of hydrogen-bond acceptors (Lipinski definition) is 3. The Balaban J connectivity index is 3.35. The van der Waals surface area contributed by atoms with Crippen molar-refractivity contribution in [1.29, 1.82) is 5.26 Å². The molecule has 0 saturated heterocycles. The van der Waals surface area contributed by atoms with Crippen molar-refractivity contribution in [3.05, 3.63) is 33.3 Å². The van der Waals surface area contributed by atoms with Crippen LogP contribution in [0.4, 0.5) is 0 Å². The summed E-state index contributed by atoms with van der Waals surface area (Å²) in [6.45, 7) is 0. The first-order chi connectivity index (χ1) is 7.45. The van der Waals surface area contributed by atoms with Crippen molar-refractivity contribution in [1.82, 2.24) is 0 Å². The van der Waals surface area contributed by atoms with Gasteiger partial charge in [0.1, 0.15) is 17.4 Å². The van der Waals surface area contributed by atoms with Crippen LogP contribution in [0.15, 0.2) is 17.7 Å². The minimum Gasteiger partial charge on any atom is -0.506 e. The van der Waals surface area contributed by atoms with Crippen LogP contribution in [0.5, 0.6) is 5.75 Å². The Hall–Kier alpha value is -1.70. The fraction of sp³-hybridized carbons (Fsp3) is 0. The van der Waals surface area contributed by atoms with E-state index in [1.165, 1.54) is 12.1 Å². The van der Waals surface area contributed by atoms with Crippen molar-refractivity contribution >= 4 is 35.2 Å². The van der Waals surface area contributed by atoms with Crippen molar-refractivity contribution in [2.45, 2.75) is 0 Å². The van der Waals surface area contributed by atoms with Crippen molar-refractivity contribution in [3.63, 3.8) is 0 Å². The summed E-state index contributed by atoms with van der Waals surface area (Å²) in [5.41, 5.74) is 4.81. The van der Waals surface area contributed by atoms with Crippen LogP contribution in [-0.2, 0) is 4.79 Å². The maximum atomic E-state index is 10.8. The van der Waals surface area contributed by atoms with Gasteiger partial charge in [0.25, 0.3) is 5.91 Å². The number of rotatable bonds is 2. The number of primary amides is 1. The van der Waals surface area contributed by atoms with E-state index in [4.69, 9.17) is 34.2 Å². The molecule has 82 valence electrons. The predicted octanol–water partition coefficient (Wildman–Crippen LogP) is 2.09. The lowest BCUT2D eigenvalue weighted by molar-refractivity contribution is -0.114. The highest BCUT2D eigenvalue weighted by Gasteiger charge is 2.09. The second-order valence-corrected chi connectivity index (χ2v) is 3.70. The average molecular weight is 257 g/mol. The van der Waals surface area contributed by atoms with Crippen LogP contribution in [-0.4, -0.2) is 11.0 Å². The standard InChI is InChI=1S/C10H6Cl2N2O2/c11-7-2-5(9(15)8(12)3-7)1-6(4-13)10(14)16/h1-3,15H,(H2,14,16)/b6-1-. The second kappa shape index (κ2) is 4.88. The first kappa shape index (κ1) is 12.4. The molecule has 1 rings (SSSR count). The van der Waals surface area contributed by atoms with Crippen LogP contribution < -0.4 is 5.73 Å². The first-order valence-corrected chi connectivity index (χ1v) is 4.81. The number of aromatic hydroxyl groups is 1. The van der Waals surface area contributed by atoms with E-state index in [-0.39, 0.29) is 26.9 Å². The number of nitrogens with zero attached hydrogens (tertiary/aromatic N) is 1. The lowest BCUT2D eigenvalue weighted by Crippen LogP contribution is -2.12. The van der Waals surface area contributed by atoms with E-state index in [1.807, 2.05) is 0 Å². The molecule has 0 atom stereocenters. The molecule has 16 heavy (non-hydrogen) atoms. The number of phenols is 1. The summed E-state index contributed by atoms with van der Waals surface area (Å²) in [6, 6.07) is 4.31. The van der Waals surface area contributed by atoms with E-state index in [9.17, 15) is 9.90 Å². The lowest BCUT2D eigenvalue weighted by Gasteiger charge is -2.03. The number of amides is 1. The summed E-state index contributed by atoms with van der Waals surface area (Å²) in [5, 5.41) is 18.5. The number of nitriles is 1. The molecule has 4 nitrogen and oxygen atoms in total. The Labute approximate surface area is 101 Å². The van der Waals surface area contributed by atoms with Crippen LogP contribution in [0.25, 0.3) is 6.08 Å². The van der Waals surface area contributed by atoms with Crippen molar-refractivity contribution in [3.8, 4) is 11.8 Å². The van der Waals surface area contributed by atoms with E-state index in [2.05, 4.69) is 0 Å². The first-order valence-electron chi connectivity index (χ1n) is 4.05. The van der Waals surface area contributed by atoms with E-state index < -0.39 is 5.91 Å². The summed E-state index contributed by atoms with van der Waals surface area (Å²) in [4.78, 5) is 10.8. The molecule has 1 aromatic rings. The van der Waals surface area contributed by atoms with Gasteiger partial charge in [0.2, 0.25) is 0 Å². The monoisotopic (exact) mass is 256 g/mol. The van der Waals surface area contributed by atoms with Crippen LogP contribution >= 0.6 is 23.2 Å². The molecule has 0 aliphatic heterocycles. The average Bonchev–Trinajstić information content (AvgIpc) is 2.20. The molecule has 0 aliphatic rings.